The Morgan fingerprint density at radius 3 is 2.48 bits per heavy atom. The Hall–Kier alpha value is -2.56. The number of carbonyl (C=O) groups excluding carboxylic acids is 2. The number of benzene rings is 2. The topological polar surface area (TPSA) is 81.4 Å². The van der Waals surface area contributed by atoms with Gasteiger partial charge in [-0.2, -0.15) is 0 Å². The van der Waals surface area contributed by atoms with Gasteiger partial charge in [-0.05, 0) is 37.8 Å². The smallest absolute Gasteiger partial charge is 0.258 e. The Balaban J connectivity index is 1.67. The van der Waals surface area contributed by atoms with E-state index in [0.29, 0.717) is 11.7 Å². The minimum Gasteiger partial charge on any atom is -0.480 e. The van der Waals surface area contributed by atoms with Crippen LogP contribution in [0.1, 0.15) is 19.8 Å². The molecule has 0 heterocycles. The number of nitrogens with two attached hydrogens (primary N) is 1. The number of anilines is 1. The molecule has 2 aliphatic rings. The van der Waals surface area contributed by atoms with E-state index >= 15 is 0 Å². The van der Waals surface area contributed by atoms with Gasteiger partial charge in [0.1, 0.15) is 5.75 Å². The van der Waals surface area contributed by atoms with Gasteiger partial charge in [0.25, 0.3) is 5.91 Å². The lowest BCUT2D eigenvalue weighted by Gasteiger charge is -2.16. The second kappa shape index (κ2) is 4.72. The summed E-state index contributed by atoms with van der Waals surface area (Å²) in [5.74, 6) is 0.789. The summed E-state index contributed by atoms with van der Waals surface area (Å²) in [4.78, 5) is 23.5. The number of amides is 2. The highest BCUT2D eigenvalue weighted by atomic mass is 16.5. The summed E-state index contributed by atoms with van der Waals surface area (Å²) in [6, 6.07) is 11.2. The number of ether oxygens (including phenoxy) is 1. The van der Waals surface area contributed by atoms with Crippen LogP contribution in [0, 0.1) is 11.3 Å². The fourth-order valence-corrected chi connectivity index (χ4v) is 3.05. The molecule has 4 rings (SSSR count). The lowest BCUT2D eigenvalue weighted by Crippen LogP contribution is -2.30. The van der Waals surface area contributed by atoms with Crippen molar-refractivity contribution >= 4 is 28.3 Å². The maximum absolute atomic E-state index is 12.3. The van der Waals surface area contributed by atoms with E-state index in [0.717, 1.165) is 29.3 Å². The first-order valence-corrected chi connectivity index (χ1v) is 7.80. The van der Waals surface area contributed by atoms with Crippen molar-refractivity contribution in [3.05, 3.63) is 36.4 Å². The Labute approximate surface area is 133 Å². The highest BCUT2D eigenvalue weighted by Crippen LogP contribution is 2.75. The second-order valence-electron chi connectivity index (χ2n) is 6.53. The molecule has 0 aliphatic heterocycles. The predicted octanol–water partition coefficient (Wildman–Crippen LogP) is 2.44. The molecule has 118 valence electrons. The molecule has 2 amide bonds. The zero-order chi connectivity index (χ0) is 16.2. The molecule has 0 bridgehead atoms. The molecule has 23 heavy (non-hydrogen) atoms. The molecule has 0 saturated heterocycles. The number of hydrogen-bond acceptors (Lipinski definition) is 3. The lowest BCUT2D eigenvalue weighted by molar-refractivity contribution is -0.124. The van der Waals surface area contributed by atoms with E-state index in [1.807, 2.05) is 30.3 Å². The molecule has 0 aromatic heterocycles. The predicted molar refractivity (Wildman–Crippen MR) is 87.0 cm³/mol. The minimum absolute atomic E-state index is 0.0727. The van der Waals surface area contributed by atoms with E-state index in [9.17, 15) is 9.59 Å². The molecule has 2 aromatic carbocycles. The standard InChI is InChI=1S/C18H18N2O3/c1-10(16(19)21)23-15-7-6-14(12-4-2-3-5-13(12)15)20-17(22)18-8-11(18)9-18/h2-7,10-11H,8-9H2,1H3,(H2,19,21)(H,20,22). The van der Waals surface area contributed by atoms with E-state index in [2.05, 4.69) is 5.32 Å². The van der Waals surface area contributed by atoms with Crippen LogP contribution in [-0.2, 0) is 9.59 Å². The maximum atomic E-state index is 12.3. The van der Waals surface area contributed by atoms with Crippen molar-refractivity contribution in [3.8, 4) is 5.75 Å². The molecule has 2 fully saturated rings. The normalized spacial score (nSPS) is 25.3. The van der Waals surface area contributed by atoms with Crippen molar-refractivity contribution in [2.24, 2.45) is 17.1 Å². The summed E-state index contributed by atoms with van der Waals surface area (Å²) < 4.78 is 5.65. The first kappa shape index (κ1) is 14.1. The van der Waals surface area contributed by atoms with Crippen LogP contribution in [0.5, 0.6) is 5.75 Å². The van der Waals surface area contributed by atoms with Gasteiger partial charge in [0.15, 0.2) is 6.10 Å². The summed E-state index contributed by atoms with van der Waals surface area (Å²) in [7, 11) is 0. The highest BCUT2D eigenvalue weighted by Gasteiger charge is 2.74. The third-order valence-electron chi connectivity index (χ3n) is 4.97. The number of primary amides is 1. The Morgan fingerprint density at radius 2 is 1.87 bits per heavy atom. The zero-order valence-corrected chi connectivity index (χ0v) is 12.8. The summed E-state index contributed by atoms with van der Waals surface area (Å²) in [5, 5.41) is 4.79. The van der Waals surface area contributed by atoms with Crippen LogP contribution in [0.4, 0.5) is 5.69 Å². The van der Waals surface area contributed by atoms with Gasteiger partial charge in [-0.25, -0.2) is 0 Å². The van der Waals surface area contributed by atoms with Crippen molar-refractivity contribution in [2.45, 2.75) is 25.9 Å². The van der Waals surface area contributed by atoms with Crippen molar-refractivity contribution in [3.63, 3.8) is 0 Å². The average molecular weight is 310 g/mol. The molecule has 5 heteroatoms. The number of hydrogen-bond donors (Lipinski definition) is 2. The molecule has 2 aromatic rings. The lowest BCUT2D eigenvalue weighted by atomic mass is 10.1. The molecule has 2 aliphatic carbocycles. The van der Waals surface area contributed by atoms with Gasteiger partial charge in [-0.3, -0.25) is 9.59 Å². The van der Waals surface area contributed by atoms with Crippen molar-refractivity contribution in [2.75, 3.05) is 5.32 Å². The second-order valence-corrected chi connectivity index (χ2v) is 6.53. The van der Waals surface area contributed by atoms with E-state index in [1.165, 1.54) is 0 Å². The van der Waals surface area contributed by atoms with E-state index in [1.54, 1.807) is 13.0 Å². The Morgan fingerprint density at radius 1 is 1.22 bits per heavy atom. The van der Waals surface area contributed by atoms with Crippen molar-refractivity contribution in [1.82, 2.24) is 0 Å². The summed E-state index contributed by atoms with van der Waals surface area (Å²) >= 11 is 0. The van der Waals surface area contributed by atoms with Gasteiger partial charge < -0.3 is 15.8 Å². The molecular weight excluding hydrogens is 292 g/mol. The van der Waals surface area contributed by atoms with Gasteiger partial charge >= 0.3 is 0 Å². The van der Waals surface area contributed by atoms with Crippen LogP contribution in [-0.4, -0.2) is 17.9 Å². The highest BCUT2D eigenvalue weighted by molar-refractivity contribution is 6.07. The SMILES string of the molecule is CC(Oc1ccc(NC(=O)C23CC2C3)c2ccccc12)C(N)=O. The molecule has 3 N–H and O–H groups in total. The fourth-order valence-electron chi connectivity index (χ4n) is 3.05. The number of rotatable bonds is 5. The van der Waals surface area contributed by atoms with Crippen molar-refractivity contribution in [1.29, 1.82) is 0 Å². The van der Waals surface area contributed by atoms with Gasteiger partial charge in [0, 0.05) is 16.5 Å². The van der Waals surface area contributed by atoms with Crippen LogP contribution in [0.15, 0.2) is 36.4 Å². The zero-order valence-electron chi connectivity index (χ0n) is 12.8. The number of fused-ring (bicyclic) bond motifs is 2. The first-order chi connectivity index (χ1) is 11.0. The van der Waals surface area contributed by atoms with Crippen LogP contribution in [0.2, 0.25) is 0 Å². The molecular formula is C18H18N2O3. The fraction of sp³-hybridized carbons (Fsp3) is 0.333. The Bertz CT molecular complexity index is 824. The maximum Gasteiger partial charge on any atom is 0.258 e. The van der Waals surface area contributed by atoms with Crippen LogP contribution < -0.4 is 15.8 Å². The average Bonchev–Trinajstić information content (AvgIpc) is 3.39. The quantitative estimate of drug-likeness (QED) is 0.890. The van der Waals surface area contributed by atoms with E-state index in [4.69, 9.17) is 10.5 Å². The third-order valence-corrected chi connectivity index (χ3v) is 4.97. The van der Waals surface area contributed by atoms with Gasteiger partial charge in [0.05, 0.1) is 5.41 Å². The molecule has 1 unspecified atom stereocenters. The summed E-state index contributed by atoms with van der Waals surface area (Å²) in [6.07, 6.45) is 1.33. The molecule has 0 spiro atoms. The molecule has 5 nitrogen and oxygen atoms in total. The van der Waals surface area contributed by atoms with Crippen LogP contribution in [0.3, 0.4) is 0 Å². The van der Waals surface area contributed by atoms with Crippen LogP contribution in [0.25, 0.3) is 10.8 Å². The van der Waals surface area contributed by atoms with E-state index in [-0.39, 0.29) is 11.3 Å². The monoisotopic (exact) mass is 310 g/mol. The van der Waals surface area contributed by atoms with Gasteiger partial charge in [-0.15, -0.1) is 0 Å². The minimum atomic E-state index is -0.712. The van der Waals surface area contributed by atoms with Crippen molar-refractivity contribution < 1.29 is 14.3 Å². The summed E-state index contributed by atoms with van der Waals surface area (Å²) in [6.45, 7) is 1.62. The molecule has 2 saturated carbocycles. The number of carbonyl (C=O) groups is 2. The Kier molecular flexibility index (Phi) is 2.88. The molecule has 0 radical (unpaired) electrons. The van der Waals surface area contributed by atoms with E-state index < -0.39 is 12.0 Å². The van der Waals surface area contributed by atoms with Crippen LogP contribution >= 0.6 is 0 Å². The number of nitrogens with one attached hydrogen (secondary N) is 1. The first-order valence-electron chi connectivity index (χ1n) is 7.80. The largest absolute Gasteiger partial charge is 0.480 e. The third kappa shape index (κ3) is 2.23. The van der Waals surface area contributed by atoms with Gasteiger partial charge in [-0.1, -0.05) is 24.3 Å². The summed E-state index contributed by atoms with van der Waals surface area (Å²) in [5.41, 5.74) is 5.96. The van der Waals surface area contributed by atoms with Gasteiger partial charge in [0.2, 0.25) is 5.91 Å². The molecule has 1 atom stereocenters.